The molecule has 0 radical (unpaired) electrons. The third kappa shape index (κ3) is 1.07. The number of thiazole rings is 1. The molecule has 0 saturated carbocycles. The van der Waals surface area contributed by atoms with Gasteiger partial charge in [-0.3, -0.25) is 0 Å². The second kappa shape index (κ2) is 2.68. The van der Waals surface area contributed by atoms with E-state index in [9.17, 15) is 0 Å². The highest BCUT2D eigenvalue weighted by molar-refractivity contribution is 7.09. The Hall–Kier alpha value is -0.410. The molecule has 1 N–H and O–H groups in total. The molecule has 1 aliphatic rings. The van der Waals surface area contributed by atoms with Crippen molar-refractivity contribution in [3.8, 4) is 0 Å². The van der Waals surface area contributed by atoms with Crippen LogP contribution in [0.4, 0.5) is 0 Å². The molecule has 0 aliphatic carbocycles. The molecule has 0 bridgehead atoms. The van der Waals surface area contributed by atoms with Gasteiger partial charge in [0.1, 0.15) is 0 Å². The predicted octanol–water partition coefficient (Wildman–Crippen LogP) is 1.18. The molecule has 2 heterocycles. The van der Waals surface area contributed by atoms with E-state index in [0.717, 1.165) is 19.5 Å². The Morgan fingerprint density at radius 2 is 2.60 bits per heavy atom. The minimum absolute atomic E-state index is 1.03. The number of hydrogen-bond acceptors (Lipinski definition) is 3. The molecule has 0 amide bonds. The van der Waals surface area contributed by atoms with Gasteiger partial charge in [0.25, 0.3) is 0 Å². The number of aryl methyl sites for hydroxylation is 1. The molecule has 0 aromatic carbocycles. The molecule has 1 aromatic rings. The van der Waals surface area contributed by atoms with E-state index in [1.165, 1.54) is 17.0 Å². The van der Waals surface area contributed by atoms with E-state index in [0.29, 0.717) is 0 Å². The first-order valence-electron chi connectivity index (χ1n) is 3.59. The fourth-order valence-electron chi connectivity index (χ4n) is 1.22. The van der Waals surface area contributed by atoms with E-state index in [4.69, 9.17) is 0 Å². The molecule has 1 aromatic heterocycles. The standard InChI is InChI=1S/C7H10N2S/c1-2-6-7(4-8-3-1)10-5-9-6/h5,8H,1-4H2. The summed E-state index contributed by atoms with van der Waals surface area (Å²) in [7, 11) is 0. The maximum Gasteiger partial charge on any atom is 0.0798 e. The van der Waals surface area contributed by atoms with E-state index < -0.39 is 0 Å². The van der Waals surface area contributed by atoms with Gasteiger partial charge in [0.2, 0.25) is 0 Å². The predicted molar refractivity (Wildman–Crippen MR) is 42.1 cm³/mol. The number of fused-ring (bicyclic) bond motifs is 1. The second-order valence-corrected chi connectivity index (χ2v) is 3.44. The summed E-state index contributed by atoms with van der Waals surface area (Å²) in [5.41, 5.74) is 3.26. The average Bonchev–Trinajstić information content (AvgIpc) is 2.28. The van der Waals surface area contributed by atoms with Gasteiger partial charge in [-0.2, -0.15) is 0 Å². The Morgan fingerprint density at radius 3 is 3.60 bits per heavy atom. The van der Waals surface area contributed by atoms with Gasteiger partial charge >= 0.3 is 0 Å². The van der Waals surface area contributed by atoms with Crippen molar-refractivity contribution in [2.24, 2.45) is 0 Å². The van der Waals surface area contributed by atoms with Gasteiger partial charge in [0.15, 0.2) is 0 Å². The van der Waals surface area contributed by atoms with Crippen molar-refractivity contribution in [1.29, 1.82) is 0 Å². The highest BCUT2D eigenvalue weighted by Gasteiger charge is 2.08. The van der Waals surface area contributed by atoms with Crippen molar-refractivity contribution in [1.82, 2.24) is 10.3 Å². The van der Waals surface area contributed by atoms with Crippen molar-refractivity contribution in [3.63, 3.8) is 0 Å². The first-order valence-corrected chi connectivity index (χ1v) is 4.47. The molecule has 0 atom stereocenters. The highest BCUT2D eigenvalue weighted by atomic mass is 32.1. The normalized spacial score (nSPS) is 18.0. The van der Waals surface area contributed by atoms with Crippen LogP contribution in [-0.4, -0.2) is 11.5 Å². The largest absolute Gasteiger partial charge is 0.312 e. The Morgan fingerprint density at radius 1 is 1.60 bits per heavy atom. The van der Waals surface area contributed by atoms with E-state index in [2.05, 4.69) is 10.3 Å². The van der Waals surface area contributed by atoms with Crippen LogP contribution < -0.4 is 5.32 Å². The zero-order valence-corrected chi connectivity index (χ0v) is 6.58. The Bertz CT molecular complexity index is 199. The van der Waals surface area contributed by atoms with Crippen molar-refractivity contribution >= 4 is 11.3 Å². The van der Waals surface area contributed by atoms with Crippen LogP contribution in [0.1, 0.15) is 17.0 Å². The van der Waals surface area contributed by atoms with Gasteiger partial charge in [-0.1, -0.05) is 0 Å². The topological polar surface area (TPSA) is 24.9 Å². The maximum absolute atomic E-state index is 4.30. The van der Waals surface area contributed by atoms with Crippen LogP contribution in [-0.2, 0) is 13.0 Å². The van der Waals surface area contributed by atoms with Crippen LogP contribution in [0.5, 0.6) is 0 Å². The van der Waals surface area contributed by atoms with Gasteiger partial charge in [-0.05, 0) is 19.4 Å². The van der Waals surface area contributed by atoms with Crippen molar-refractivity contribution in [3.05, 3.63) is 16.1 Å². The number of aromatic nitrogens is 1. The van der Waals surface area contributed by atoms with E-state index in [1.807, 2.05) is 5.51 Å². The summed E-state index contributed by atoms with van der Waals surface area (Å²) >= 11 is 1.77. The maximum atomic E-state index is 4.30. The third-order valence-corrected chi connectivity index (χ3v) is 2.65. The number of nitrogens with zero attached hydrogens (tertiary/aromatic N) is 1. The smallest absolute Gasteiger partial charge is 0.0798 e. The Balaban J connectivity index is 2.28. The summed E-state index contributed by atoms with van der Waals surface area (Å²) in [4.78, 5) is 5.72. The molecule has 2 rings (SSSR count). The molecule has 54 valence electrons. The van der Waals surface area contributed by atoms with Crippen LogP contribution >= 0.6 is 11.3 Å². The minimum Gasteiger partial charge on any atom is -0.312 e. The average molecular weight is 154 g/mol. The fraction of sp³-hybridized carbons (Fsp3) is 0.571. The SMILES string of the molecule is c1nc2c(s1)CNCCC2. The lowest BCUT2D eigenvalue weighted by Crippen LogP contribution is -2.11. The summed E-state index contributed by atoms with van der Waals surface area (Å²) < 4.78 is 0. The molecule has 2 nitrogen and oxygen atoms in total. The molecule has 3 heteroatoms. The third-order valence-electron chi connectivity index (χ3n) is 1.78. The first kappa shape index (κ1) is 6.31. The molecule has 0 unspecified atom stereocenters. The lowest BCUT2D eigenvalue weighted by molar-refractivity contribution is 0.682. The highest BCUT2D eigenvalue weighted by Crippen LogP contribution is 2.16. The molecular weight excluding hydrogens is 144 g/mol. The van der Waals surface area contributed by atoms with E-state index >= 15 is 0 Å². The van der Waals surface area contributed by atoms with Crippen LogP contribution in [0.15, 0.2) is 5.51 Å². The Kier molecular flexibility index (Phi) is 1.69. The lowest BCUT2D eigenvalue weighted by atomic mass is 10.2. The van der Waals surface area contributed by atoms with Gasteiger partial charge in [0, 0.05) is 11.4 Å². The fourth-order valence-corrected chi connectivity index (χ4v) is 2.01. The van der Waals surface area contributed by atoms with Crippen molar-refractivity contribution in [2.45, 2.75) is 19.4 Å². The summed E-state index contributed by atoms with van der Waals surface area (Å²) in [6.45, 7) is 2.17. The van der Waals surface area contributed by atoms with Crippen LogP contribution in [0.3, 0.4) is 0 Å². The quantitative estimate of drug-likeness (QED) is 0.607. The Labute approximate surface area is 64.3 Å². The minimum atomic E-state index is 1.03. The summed E-state index contributed by atoms with van der Waals surface area (Å²) in [6.07, 6.45) is 2.39. The number of nitrogens with one attached hydrogen (secondary N) is 1. The number of hydrogen-bond donors (Lipinski definition) is 1. The van der Waals surface area contributed by atoms with Crippen LogP contribution in [0, 0.1) is 0 Å². The zero-order valence-electron chi connectivity index (χ0n) is 5.76. The van der Waals surface area contributed by atoms with Gasteiger partial charge < -0.3 is 5.32 Å². The second-order valence-electron chi connectivity index (χ2n) is 2.50. The van der Waals surface area contributed by atoms with Gasteiger partial charge in [0.05, 0.1) is 11.2 Å². The summed E-state index contributed by atoms with van der Waals surface area (Å²) in [5, 5.41) is 3.36. The van der Waals surface area contributed by atoms with Crippen LogP contribution in [0.25, 0.3) is 0 Å². The van der Waals surface area contributed by atoms with Crippen molar-refractivity contribution in [2.75, 3.05) is 6.54 Å². The van der Waals surface area contributed by atoms with E-state index in [1.54, 1.807) is 11.3 Å². The van der Waals surface area contributed by atoms with Gasteiger partial charge in [-0.15, -0.1) is 11.3 Å². The van der Waals surface area contributed by atoms with E-state index in [-0.39, 0.29) is 0 Å². The summed E-state index contributed by atoms with van der Waals surface area (Å²) in [6, 6.07) is 0. The molecule has 10 heavy (non-hydrogen) atoms. The summed E-state index contributed by atoms with van der Waals surface area (Å²) in [5.74, 6) is 0. The van der Waals surface area contributed by atoms with Gasteiger partial charge in [-0.25, -0.2) is 4.98 Å². The molecule has 0 saturated heterocycles. The molecule has 1 aliphatic heterocycles. The first-order chi connectivity index (χ1) is 4.97. The molecule has 0 spiro atoms. The van der Waals surface area contributed by atoms with Crippen LogP contribution in [0.2, 0.25) is 0 Å². The van der Waals surface area contributed by atoms with Crippen molar-refractivity contribution < 1.29 is 0 Å². The monoisotopic (exact) mass is 154 g/mol. The lowest BCUT2D eigenvalue weighted by Gasteiger charge is -1.93. The molecule has 0 fully saturated rings. The number of rotatable bonds is 0. The molecular formula is C7H10N2S. The zero-order chi connectivity index (χ0) is 6.81.